The fourth-order valence-electron chi connectivity index (χ4n) is 0.867. The summed E-state index contributed by atoms with van der Waals surface area (Å²) in [4.78, 5) is 13.2. The van der Waals surface area contributed by atoms with Crippen LogP contribution in [0.25, 0.3) is 0 Å². The van der Waals surface area contributed by atoms with Gasteiger partial charge in [0.05, 0.1) is 15.6 Å². The van der Waals surface area contributed by atoms with Gasteiger partial charge >= 0.3 is 0 Å². The first-order valence-corrected chi connectivity index (χ1v) is 5.25. The van der Waals surface area contributed by atoms with Crippen molar-refractivity contribution in [3.8, 4) is 0 Å². The van der Waals surface area contributed by atoms with Crippen LogP contribution in [0.1, 0.15) is 0 Å². The lowest BCUT2D eigenvalue weighted by molar-refractivity contribution is 0.241. The van der Waals surface area contributed by atoms with Gasteiger partial charge in [0.2, 0.25) is 0 Å². The third-order valence-electron chi connectivity index (χ3n) is 1.59. The molecule has 82 valence electrons. The summed E-state index contributed by atoms with van der Waals surface area (Å²) in [6, 6.07) is 2.26. The van der Waals surface area contributed by atoms with E-state index in [1.54, 1.807) is 14.1 Å². The fraction of sp³-hybridized carbons (Fsp3) is 0.222. The Balaban J connectivity index is 3.00. The van der Waals surface area contributed by atoms with Crippen LogP contribution in [-0.2, 0) is 0 Å². The maximum atomic E-state index is 12.8. The maximum Gasteiger partial charge on any atom is 0.286 e. The first-order chi connectivity index (χ1) is 6.91. The molecule has 0 atom stereocenters. The van der Waals surface area contributed by atoms with Gasteiger partial charge in [-0.25, -0.2) is 4.39 Å². The van der Waals surface area contributed by atoms with Crippen LogP contribution in [0, 0.1) is 5.82 Å². The van der Waals surface area contributed by atoms with E-state index in [9.17, 15) is 9.18 Å². The Hall–Kier alpha value is -0.940. The Morgan fingerprint density at radius 3 is 2.60 bits per heavy atom. The Labute approximate surface area is 96.4 Å². The number of halogens is 2. The number of carbonyl (C=O) groups is 1. The highest BCUT2D eigenvalue weighted by Crippen LogP contribution is 2.34. The third kappa shape index (κ3) is 3.00. The van der Waals surface area contributed by atoms with Gasteiger partial charge in [-0.15, -0.1) is 0 Å². The van der Waals surface area contributed by atoms with E-state index in [0.717, 1.165) is 23.9 Å². The summed E-state index contributed by atoms with van der Waals surface area (Å²) >= 11 is 6.65. The van der Waals surface area contributed by atoms with E-state index in [4.69, 9.17) is 17.3 Å². The average Bonchev–Trinajstić information content (AvgIpc) is 2.10. The molecule has 0 bridgehead atoms. The minimum Gasteiger partial charge on any atom is -0.398 e. The molecule has 0 aliphatic heterocycles. The second-order valence-corrected chi connectivity index (χ2v) is 4.44. The highest BCUT2D eigenvalue weighted by atomic mass is 35.5. The summed E-state index contributed by atoms with van der Waals surface area (Å²) in [5.74, 6) is -0.515. The van der Waals surface area contributed by atoms with Crippen LogP contribution >= 0.6 is 23.4 Å². The van der Waals surface area contributed by atoms with Gasteiger partial charge in [0, 0.05) is 14.1 Å². The first-order valence-electron chi connectivity index (χ1n) is 4.05. The standard InChI is InChI=1S/C9H10ClFN2OS/c1-13(2)9(14)15-8-6(10)3-5(11)4-7(8)12/h3-4H,12H2,1-2H3. The smallest absolute Gasteiger partial charge is 0.286 e. The number of hydrogen-bond donors (Lipinski definition) is 1. The van der Waals surface area contributed by atoms with Gasteiger partial charge in [-0.05, 0) is 23.9 Å². The van der Waals surface area contributed by atoms with E-state index in [1.807, 2.05) is 0 Å². The topological polar surface area (TPSA) is 46.3 Å². The van der Waals surface area contributed by atoms with Crippen LogP contribution < -0.4 is 5.73 Å². The number of anilines is 1. The van der Waals surface area contributed by atoms with Crippen molar-refractivity contribution in [3.63, 3.8) is 0 Å². The molecule has 1 amide bonds. The number of nitrogens with zero attached hydrogens (tertiary/aromatic N) is 1. The highest BCUT2D eigenvalue weighted by Gasteiger charge is 2.14. The molecule has 0 aliphatic rings. The third-order valence-corrected chi connectivity index (χ3v) is 3.20. The number of nitrogen functional groups attached to an aromatic ring is 1. The van der Waals surface area contributed by atoms with Crippen LogP contribution in [0.2, 0.25) is 5.02 Å². The summed E-state index contributed by atoms with van der Waals surface area (Å²) in [7, 11) is 3.23. The predicted molar refractivity (Wildman–Crippen MR) is 60.8 cm³/mol. The molecule has 0 spiro atoms. The number of amides is 1. The molecule has 0 radical (unpaired) electrons. The van der Waals surface area contributed by atoms with Crippen molar-refractivity contribution in [1.82, 2.24) is 4.90 Å². The average molecular weight is 249 g/mol. The normalized spacial score (nSPS) is 10.1. The first kappa shape index (κ1) is 12.1. The number of carbonyl (C=O) groups excluding carboxylic acids is 1. The molecular weight excluding hydrogens is 239 g/mol. The van der Waals surface area contributed by atoms with E-state index < -0.39 is 5.82 Å². The van der Waals surface area contributed by atoms with Crippen LogP contribution in [-0.4, -0.2) is 24.2 Å². The van der Waals surface area contributed by atoms with E-state index >= 15 is 0 Å². The molecule has 0 aliphatic carbocycles. The zero-order chi connectivity index (χ0) is 11.6. The number of nitrogens with two attached hydrogens (primary N) is 1. The predicted octanol–water partition coefficient (Wildman–Crippen LogP) is 2.84. The largest absolute Gasteiger partial charge is 0.398 e. The van der Waals surface area contributed by atoms with Gasteiger partial charge in [-0.2, -0.15) is 0 Å². The minimum atomic E-state index is -0.515. The van der Waals surface area contributed by atoms with Crippen LogP contribution in [0.15, 0.2) is 17.0 Å². The Morgan fingerprint density at radius 1 is 1.53 bits per heavy atom. The van der Waals surface area contributed by atoms with E-state index in [0.29, 0.717) is 4.90 Å². The summed E-state index contributed by atoms with van der Waals surface area (Å²) in [5.41, 5.74) is 5.72. The van der Waals surface area contributed by atoms with E-state index in [1.165, 1.54) is 4.90 Å². The molecule has 0 fully saturated rings. The maximum absolute atomic E-state index is 12.8. The van der Waals surface area contributed by atoms with Gasteiger partial charge in [0.15, 0.2) is 0 Å². The number of rotatable bonds is 1. The second kappa shape index (κ2) is 4.72. The lowest BCUT2D eigenvalue weighted by Gasteiger charge is -2.11. The van der Waals surface area contributed by atoms with Gasteiger partial charge in [0.1, 0.15) is 5.82 Å². The van der Waals surface area contributed by atoms with Gasteiger partial charge in [-0.1, -0.05) is 11.6 Å². The molecular formula is C9H10ClFN2OS. The summed E-state index contributed by atoms with van der Waals surface area (Å²) in [6.45, 7) is 0. The Morgan fingerprint density at radius 2 is 2.13 bits per heavy atom. The van der Waals surface area contributed by atoms with Crippen molar-refractivity contribution < 1.29 is 9.18 Å². The quantitative estimate of drug-likeness (QED) is 0.614. The van der Waals surface area contributed by atoms with Crippen LogP contribution in [0.3, 0.4) is 0 Å². The van der Waals surface area contributed by atoms with Crippen molar-refractivity contribution in [3.05, 3.63) is 23.0 Å². The molecule has 15 heavy (non-hydrogen) atoms. The SMILES string of the molecule is CN(C)C(=O)Sc1c(N)cc(F)cc1Cl. The molecule has 3 nitrogen and oxygen atoms in total. The lowest BCUT2D eigenvalue weighted by atomic mass is 10.3. The Bertz CT molecular complexity index is 375. The number of thioether (sulfide) groups is 1. The van der Waals surface area contributed by atoms with E-state index in [-0.39, 0.29) is 15.9 Å². The van der Waals surface area contributed by atoms with Crippen molar-refractivity contribution in [2.45, 2.75) is 4.90 Å². The number of hydrogen-bond acceptors (Lipinski definition) is 3. The zero-order valence-electron chi connectivity index (χ0n) is 8.25. The van der Waals surface area contributed by atoms with Crippen molar-refractivity contribution in [2.24, 2.45) is 0 Å². The molecule has 1 aromatic carbocycles. The summed E-state index contributed by atoms with van der Waals surface area (Å²) in [5, 5.41) is -0.0668. The molecule has 0 saturated heterocycles. The minimum absolute atomic E-state index is 0.146. The molecule has 0 unspecified atom stereocenters. The lowest BCUT2D eigenvalue weighted by Crippen LogP contribution is -2.16. The van der Waals surface area contributed by atoms with Crippen LogP contribution in [0.4, 0.5) is 14.9 Å². The van der Waals surface area contributed by atoms with Crippen LogP contribution in [0.5, 0.6) is 0 Å². The van der Waals surface area contributed by atoms with Crippen molar-refractivity contribution in [1.29, 1.82) is 0 Å². The van der Waals surface area contributed by atoms with Crippen molar-refractivity contribution >= 4 is 34.3 Å². The fourth-order valence-corrected chi connectivity index (χ4v) is 1.89. The summed E-state index contributed by atoms with van der Waals surface area (Å²) in [6.07, 6.45) is 0. The molecule has 1 aromatic rings. The monoisotopic (exact) mass is 248 g/mol. The van der Waals surface area contributed by atoms with Crippen molar-refractivity contribution in [2.75, 3.05) is 19.8 Å². The molecule has 0 saturated carbocycles. The highest BCUT2D eigenvalue weighted by molar-refractivity contribution is 8.13. The van der Waals surface area contributed by atoms with Gasteiger partial charge in [0.25, 0.3) is 5.24 Å². The molecule has 0 aromatic heterocycles. The molecule has 2 N–H and O–H groups in total. The second-order valence-electron chi connectivity index (χ2n) is 3.07. The van der Waals surface area contributed by atoms with Gasteiger partial charge in [-0.3, -0.25) is 4.79 Å². The van der Waals surface area contributed by atoms with Gasteiger partial charge < -0.3 is 10.6 Å². The summed E-state index contributed by atoms with van der Waals surface area (Å²) < 4.78 is 12.8. The molecule has 0 heterocycles. The van der Waals surface area contributed by atoms with E-state index in [2.05, 4.69) is 0 Å². The zero-order valence-corrected chi connectivity index (χ0v) is 9.82. The molecule has 6 heteroatoms. The molecule has 1 rings (SSSR count). The number of benzene rings is 1. The Kier molecular flexibility index (Phi) is 3.82.